The molecule has 0 aromatic rings. The molecule has 0 aliphatic rings. The largest absolute Gasteiger partial charge is 0.264 e. The van der Waals surface area contributed by atoms with Crippen molar-refractivity contribution in [3.8, 4) is 0 Å². The Labute approximate surface area is 77.6 Å². The van der Waals surface area contributed by atoms with Crippen molar-refractivity contribution in [2.45, 2.75) is 45.1 Å². The highest BCUT2D eigenvalue weighted by Gasteiger charge is 2.14. The third-order valence-electron chi connectivity index (χ3n) is 1.90. The van der Waals surface area contributed by atoms with E-state index in [9.17, 15) is 15.0 Å². The van der Waals surface area contributed by atoms with Crippen molar-refractivity contribution >= 4 is 0 Å². The first-order chi connectivity index (χ1) is 6.20. The Kier molecular flexibility index (Phi) is 7.05. The molecule has 0 saturated heterocycles. The minimum absolute atomic E-state index is 0.324. The van der Waals surface area contributed by atoms with Crippen LogP contribution in [0.3, 0.4) is 0 Å². The normalized spacial score (nSPS) is 12.4. The van der Waals surface area contributed by atoms with Gasteiger partial charge in [-0.05, 0) is 6.42 Å². The van der Waals surface area contributed by atoms with E-state index in [2.05, 4.69) is 12.1 Å². The Hall–Kier alpha value is -1.00. The van der Waals surface area contributed by atoms with Crippen LogP contribution < -0.4 is 0 Å². The highest BCUT2D eigenvalue weighted by molar-refractivity contribution is 4.63. The Morgan fingerprint density at radius 2 is 2.08 bits per heavy atom. The molecule has 0 radical (unpaired) electrons. The van der Waals surface area contributed by atoms with Crippen molar-refractivity contribution < 1.29 is 4.92 Å². The molecule has 0 N–H and O–H groups in total. The molecule has 76 valence electrons. The molecule has 0 bridgehead atoms. The summed E-state index contributed by atoms with van der Waals surface area (Å²) in [6.07, 6.45) is 4.67. The SMILES string of the molecule is CCCCCCC(C[N+](=O)[O-])N=O. The zero-order valence-electron chi connectivity index (χ0n) is 7.94. The standard InChI is InChI=1S/C8H16N2O3/c1-2-3-4-5-6-8(9-11)7-10(12)13/h8H,2-7H2,1H3. The van der Waals surface area contributed by atoms with Crippen molar-refractivity contribution in [3.63, 3.8) is 0 Å². The van der Waals surface area contributed by atoms with Crippen LogP contribution in [0.2, 0.25) is 0 Å². The van der Waals surface area contributed by atoms with Crippen LogP contribution in [-0.4, -0.2) is 17.5 Å². The molecule has 0 aromatic heterocycles. The van der Waals surface area contributed by atoms with Gasteiger partial charge in [0.1, 0.15) is 0 Å². The molecule has 13 heavy (non-hydrogen) atoms. The van der Waals surface area contributed by atoms with E-state index in [1.54, 1.807) is 0 Å². The molecular weight excluding hydrogens is 172 g/mol. The van der Waals surface area contributed by atoms with E-state index in [4.69, 9.17) is 0 Å². The summed E-state index contributed by atoms with van der Waals surface area (Å²) in [7, 11) is 0. The van der Waals surface area contributed by atoms with Gasteiger partial charge in [0.25, 0.3) is 0 Å². The van der Waals surface area contributed by atoms with Crippen LogP contribution >= 0.6 is 0 Å². The minimum Gasteiger partial charge on any atom is -0.264 e. The number of nitro groups is 1. The summed E-state index contributed by atoms with van der Waals surface area (Å²) >= 11 is 0. The zero-order valence-corrected chi connectivity index (χ0v) is 7.94. The molecule has 5 heteroatoms. The molecule has 0 heterocycles. The van der Waals surface area contributed by atoms with Gasteiger partial charge in [-0.2, -0.15) is 4.91 Å². The molecule has 5 nitrogen and oxygen atoms in total. The van der Waals surface area contributed by atoms with Crippen LogP contribution in [0.4, 0.5) is 0 Å². The van der Waals surface area contributed by atoms with Gasteiger partial charge in [-0.1, -0.05) is 37.8 Å². The fraction of sp³-hybridized carbons (Fsp3) is 1.00. The number of nitroso groups, excluding NO2 is 1. The topological polar surface area (TPSA) is 72.6 Å². The molecule has 1 unspecified atom stereocenters. The van der Waals surface area contributed by atoms with E-state index in [1.165, 1.54) is 0 Å². The van der Waals surface area contributed by atoms with E-state index in [0.717, 1.165) is 25.7 Å². The van der Waals surface area contributed by atoms with E-state index in [-0.39, 0.29) is 6.54 Å². The van der Waals surface area contributed by atoms with Crippen molar-refractivity contribution in [1.29, 1.82) is 0 Å². The van der Waals surface area contributed by atoms with Gasteiger partial charge in [0, 0.05) is 4.92 Å². The van der Waals surface area contributed by atoms with Crippen LogP contribution in [-0.2, 0) is 0 Å². The summed E-state index contributed by atoms with van der Waals surface area (Å²) in [6.45, 7) is 1.77. The van der Waals surface area contributed by atoms with E-state index < -0.39 is 11.0 Å². The quantitative estimate of drug-likeness (QED) is 0.254. The van der Waals surface area contributed by atoms with Gasteiger partial charge in [-0.25, -0.2) is 0 Å². The molecule has 0 aromatic carbocycles. The van der Waals surface area contributed by atoms with E-state index >= 15 is 0 Å². The smallest absolute Gasteiger partial charge is 0.229 e. The summed E-state index contributed by atoms with van der Waals surface area (Å²) in [5, 5.41) is 12.8. The third kappa shape index (κ3) is 7.36. The molecular formula is C8H16N2O3. The first kappa shape index (κ1) is 12.0. The number of unbranched alkanes of at least 4 members (excludes halogenated alkanes) is 3. The zero-order chi connectivity index (χ0) is 10.1. The van der Waals surface area contributed by atoms with Crippen LogP contribution in [0.1, 0.15) is 39.0 Å². The maximum absolute atomic E-state index is 10.1. The van der Waals surface area contributed by atoms with E-state index in [1.807, 2.05) is 0 Å². The Morgan fingerprint density at radius 1 is 1.38 bits per heavy atom. The second-order valence-electron chi connectivity index (χ2n) is 3.12. The first-order valence-corrected chi connectivity index (χ1v) is 4.65. The maximum Gasteiger partial charge on any atom is 0.229 e. The summed E-state index contributed by atoms with van der Waals surface area (Å²) < 4.78 is 0. The number of hydrogen-bond donors (Lipinski definition) is 0. The van der Waals surface area contributed by atoms with E-state index in [0.29, 0.717) is 6.42 Å². The van der Waals surface area contributed by atoms with Gasteiger partial charge in [-0.3, -0.25) is 10.1 Å². The lowest BCUT2D eigenvalue weighted by molar-refractivity contribution is -0.482. The van der Waals surface area contributed by atoms with Crippen molar-refractivity contribution in [2.24, 2.45) is 5.18 Å². The Bertz CT molecular complexity index is 161. The fourth-order valence-corrected chi connectivity index (χ4v) is 1.16. The highest BCUT2D eigenvalue weighted by atomic mass is 16.6. The molecule has 0 aliphatic heterocycles. The lowest BCUT2D eigenvalue weighted by atomic mass is 10.1. The predicted molar refractivity (Wildman–Crippen MR) is 50.2 cm³/mol. The summed E-state index contributed by atoms with van der Waals surface area (Å²) in [6, 6.07) is -0.633. The summed E-state index contributed by atoms with van der Waals surface area (Å²) in [4.78, 5) is 19.7. The molecule has 1 atom stereocenters. The van der Waals surface area contributed by atoms with Gasteiger partial charge in [0.15, 0.2) is 6.04 Å². The fourth-order valence-electron chi connectivity index (χ4n) is 1.16. The van der Waals surface area contributed by atoms with Crippen molar-refractivity contribution in [3.05, 3.63) is 15.0 Å². The highest BCUT2D eigenvalue weighted by Crippen LogP contribution is 2.08. The molecule has 0 saturated carbocycles. The Morgan fingerprint density at radius 3 is 2.54 bits per heavy atom. The lowest BCUT2D eigenvalue weighted by Gasteiger charge is -2.02. The second-order valence-corrected chi connectivity index (χ2v) is 3.12. The average molecular weight is 188 g/mol. The first-order valence-electron chi connectivity index (χ1n) is 4.65. The number of nitrogens with zero attached hydrogens (tertiary/aromatic N) is 2. The maximum atomic E-state index is 10.1. The molecule has 0 spiro atoms. The second kappa shape index (κ2) is 7.64. The van der Waals surface area contributed by atoms with Crippen molar-refractivity contribution in [2.75, 3.05) is 6.54 Å². The average Bonchev–Trinajstić information content (AvgIpc) is 2.09. The summed E-state index contributed by atoms with van der Waals surface area (Å²) in [5.74, 6) is 0. The molecule has 0 fully saturated rings. The van der Waals surface area contributed by atoms with Gasteiger partial charge >= 0.3 is 0 Å². The Balaban J connectivity index is 3.48. The van der Waals surface area contributed by atoms with Crippen LogP contribution in [0.25, 0.3) is 0 Å². The number of rotatable bonds is 8. The molecule has 0 rings (SSSR count). The van der Waals surface area contributed by atoms with Crippen LogP contribution in [0.5, 0.6) is 0 Å². The minimum atomic E-state index is -0.633. The lowest BCUT2D eigenvalue weighted by Crippen LogP contribution is -2.17. The molecule has 0 amide bonds. The predicted octanol–water partition coefficient (Wildman–Crippen LogP) is 2.37. The van der Waals surface area contributed by atoms with Gasteiger partial charge in [0.2, 0.25) is 6.54 Å². The third-order valence-corrected chi connectivity index (χ3v) is 1.90. The van der Waals surface area contributed by atoms with Crippen LogP contribution in [0, 0.1) is 15.0 Å². The van der Waals surface area contributed by atoms with Gasteiger partial charge < -0.3 is 0 Å². The van der Waals surface area contributed by atoms with Crippen LogP contribution in [0.15, 0.2) is 5.18 Å². The van der Waals surface area contributed by atoms with Crippen molar-refractivity contribution in [1.82, 2.24) is 0 Å². The monoisotopic (exact) mass is 188 g/mol. The molecule has 0 aliphatic carbocycles. The summed E-state index contributed by atoms with van der Waals surface area (Å²) in [5.41, 5.74) is 0. The number of hydrogen-bond acceptors (Lipinski definition) is 4. The van der Waals surface area contributed by atoms with Gasteiger partial charge in [0.05, 0.1) is 0 Å². The van der Waals surface area contributed by atoms with Gasteiger partial charge in [-0.15, -0.1) is 0 Å².